The van der Waals surface area contributed by atoms with E-state index in [2.05, 4.69) is 20.6 Å². The number of pyridine rings is 1. The number of nitrogens with one attached hydrogen (secondary N) is 2. The molecule has 34 heavy (non-hydrogen) atoms. The van der Waals surface area contributed by atoms with Crippen molar-refractivity contribution in [1.29, 1.82) is 0 Å². The molecule has 1 aliphatic heterocycles. The number of anilines is 2. The average molecular weight is 473 g/mol. The first-order chi connectivity index (χ1) is 16.5. The molecule has 1 aliphatic rings. The summed E-state index contributed by atoms with van der Waals surface area (Å²) >= 11 is 6.14. The lowest BCUT2D eigenvalue weighted by Gasteiger charge is -2.28. The lowest BCUT2D eigenvalue weighted by atomic mass is 9.95. The highest BCUT2D eigenvalue weighted by Crippen LogP contribution is 2.37. The molecule has 0 fully saturated rings. The standard InChI is InChI=1S/C25H21ClN6O2/c1-15-21(24(33)29-19-7-3-4-8-20(19)34-2)22(16-9-11-18(26)12-10-16)32-25(28-15)30-23(31-32)17-6-5-13-27-14-17/h3-14,22H,1-2H3,(H,29,33)(H,28,30,31)/t22-/m0/s1. The topological polar surface area (TPSA) is 94.0 Å². The minimum absolute atomic E-state index is 0.279. The normalized spacial score (nSPS) is 14.9. The second-order valence-corrected chi connectivity index (χ2v) is 8.15. The Hall–Kier alpha value is -4.17. The van der Waals surface area contributed by atoms with E-state index in [0.717, 1.165) is 11.1 Å². The van der Waals surface area contributed by atoms with Crippen molar-refractivity contribution in [3.05, 3.63) is 94.9 Å². The lowest BCUT2D eigenvalue weighted by Crippen LogP contribution is -2.31. The van der Waals surface area contributed by atoms with Gasteiger partial charge < -0.3 is 15.4 Å². The van der Waals surface area contributed by atoms with Gasteiger partial charge in [-0.3, -0.25) is 9.78 Å². The molecule has 170 valence electrons. The summed E-state index contributed by atoms with van der Waals surface area (Å²) in [6.07, 6.45) is 3.40. The average Bonchev–Trinajstić information content (AvgIpc) is 3.28. The highest BCUT2D eigenvalue weighted by Gasteiger charge is 2.34. The Morgan fingerprint density at radius 2 is 1.91 bits per heavy atom. The summed E-state index contributed by atoms with van der Waals surface area (Å²) in [5.74, 6) is 1.33. The Kier molecular flexibility index (Phi) is 5.73. The summed E-state index contributed by atoms with van der Waals surface area (Å²) in [5.41, 5.74) is 3.37. The van der Waals surface area contributed by atoms with Crippen molar-refractivity contribution < 1.29 is 9.53 Å². The molecule has 1 amide bonds. The molecule has 2 aromatic carbocycles. The van der Waals surface area contributed by atoms with Crippen LogP contribution in [0.15, 0.2) is 84.3 Å². The van der Waals surface area contributed by atoms with Crippen LogP contribution in [-0.4, -0.2) is 32.8 Å². The van der Waals surface area contributed by atoms with Gasteiger partial charge in [0.1, 0.15) is 11.8 Å². The van der Waals surface area contributed by atoms with Gasteiger partial charge in [0, 0.05) is 28.7 Å². The van der Waals surface area contributed by atoms with E-state index in [1.165, 1.54) is 0 Å². The minimum atomic E-state index is -0.527. The summed E-state index contributed by atoms with van der Waals surface area (Å²) in [5, 5.41) is 11.6. The zero-order chi connectivity index (χ0) is 23.7. The molecule has 0 saturated carbocycles. The number of fused-ring (bicyclic) bond motifs is 1. The molecule has 2 N–H and O–H groups in total. The van der Waals surface area contributed by atoms with Crippen LogP contribution >= 0.6 is 11.6 Å². The van der Waals surface area contributed by atoms with Gasteiger partial charge in [0.25, 0.3) is 5.91 Å². The largest absolute Gasteiger partial charge is 0.495 e. The number of hydrogen-bond acceptors (Lipinski definition) is 6. The first kappa shape index (κ1) is 21.7. The lowest BCUT2D eigenvalue weighted by molar-refractivity contribution is -0.113. The molecule has 0 unspecified atom stereocenters. The fourth-order valence-corrected chi connectivity index (χ4v) is 4.08. The number of halogens is 1. The van der Waals surface area contributed by atoms with Crippen molar-refractivity contribution >= 4 is 29.1 Å². The van der Waals surface area contributed by atoms with E-state index >= 15 is 0 Å². The van der Waals surface area contributed by atoms with E-state index < -0.39 is 6.04 Å². The molecule has 0 bridgehead atoms. The van der Waals surface area contributed by atoms with Crippen molar-refractivity contribution in [2.75, 3.05) is 17.7 Å². The molecule has 1 atom stereocenters. The van der Waals surface area contributed by atoms with Crippen LogP contribution < -0.4 is 15.4 Å². The first-order valence-electron chi connectivity index (χ1n) is 10.6. The number of nitrogens with zero attached hydrogens (tertiary/aromatic N) is 4. The molecular weight excluding hydrogens is 452 g/mol. The summed E-state index contributed by atoms with van der Waals surface area (Å²) in [6, 6.07) is 17.8. The van der Waals surface area contributed by atoms with Gasteiger partial charge in [0.15, 0.2) is 5.82 Å². The Morgan fingerprint density at radius 3 is 2.65 bits per heavy atom. The molecule has 0 spiro atoms. The van der Waals surface area contributed by atoms with Gasteiger partial charge in [-0.05, 0) is 48.9 Å². The maximum Gasteiger partial charge on any atom is 0.255 e. The number of carbonyl (C=O) groups is 1. The molecule has 3 heterocycles. The zero-order valence-electron chi connectivity index (χ0n) is 18.5. The monoisotopic (exact) mass is 472 g/mol. The predicted molar refractivity (Wildman–Crippen MR) is 131 cm³/mol. The molecule has 0 saturated heterocycles. The molecule has 2 aromatic heterocycles. The van der Waals surface area contributed by atoms with Crippen LogP contribution in [0.5, 0.6) is 5.75 Å². The van der Waals surface area contributed by atoms with Crippen molar-refractivity contribution in [2.45, 2.75) is 13.0 Å². The van der Waals surface area contributed by atoms with Crippen LogP contribution in [0.2, 0.25) is 5.02 Å². The summed E-state index contributed by atoms with van der Waals surface area (Å²) < 4.78 is 7.12. The van der Waals surface area contributed by atoms with Gasteiger partial charge in [0.05, 0.1) is 18.4 Å². The summed E-state index contributed by atoms with van der Waals surface area (Å²) in [4.78, 5) is 22.4. The minimum Gasteiger partial charge on any atom is -0.495 e. The Morgan fingerprint density at radius 1 is 1.12 bits per heavy atom. The second-order valence-electron chi connectivity index (χ2n) is 7.72. The van der Waals surface area contributed by atoms with E-state index in [1.54, 1.807) is 48.5 Å². The van der Waals surface area contributed by atoms with E-state index in [-0.39, 0.29) is 5.91 Å². The fourth-order valence-electron chi connectivity index (χ4n) is 3.95. The van der Waals surface area contributed by atoms with E-state index in [9.17, 15) is 4.79 Å². The molecule has 8 nitrogen and oxygen atoms in total. The predicted octanol–water partition coefficient (Wildman–Crippen LogP) is 4.93. The first-order valence-corrected chi connectivity index (χ1v) is 11.0. The number of benzene rings is 2. The van der Waals surface area contributed by atoms with Gasteiger partial charge in [-0.15, -0.1) is 5.10 Å². The molecule has 0 radical (unpaired) electrons. The van der Waals surface area contributed by atoms with Crippen LogP contribution in [0.3, 0.4) is 0 Å². The Bertz CT molecular complexity index is 1380. The summed E-state index contributed by atoms with van der Waals surface area (Å²) in [6.45, 7) is 1.85. The highest BCUT2D eigenvalue weighted by atomic mass is 35.5. The maximum absolute atomic E-state index is 13.6. The van der Waals surface area contributed by atoms with Crippen LogP contribution in [-0.2, 0) is 4.79 Å². The Balaban J connectivity index is 1.60. The van der Waals surface area contributed by atoms with Gasteiger partial charge in [-0.25, -0.2) is 4.68 Å². The molecule has 0 aliphatic carbocycles. The quantitative estimate of drug-likeness (QED) is 0.427. The summed E-state index contributed by atoms with van der Waals surface area (Å²) in [7, 11) is 1.57. The number of rotatable bonds is 5. The van der Waals surface area contributed by atoms with Gasteiger partial charge >= 0.3 is 0 Å². The zero-order valence-corrected chi connectivity index (χ0v) is 19.2. The molecule has 9 heteroatoms. The number of aromatic nitrogens is 4. The smallest absolute Gasteiger partial charge is 0.255 e. The van der Waals surface area contributed by atoms with Crippen molar-refractivity contribution in [3.63, 3.8) is 0 Å². The number of carbonyl (C=O) groups excluding carboxylic acids is 1. The van der Waals surface area contributed by atoms with Crippen LogP contribution in [0, 0.1) is 0 Å². The number of para-hydroxylation sites is 2. The third kappa shape index (κ3) is 3.99. The number of methoxy groups -OCH3 is 1. The Labute approximate surface area is 201 Å². The number of allylic oxidation sites excluding steroid dienone is 1. The van der Waals surface area contributed by atoms with Gasteiger partial charge in [-0.1, -0.05) is 35.9 Å². The molecular formula is C25H21ClN6O2. The van der Waals surface area contributed by atoms with Gasteiger partial charge in [-0.2, -0.15) is 4.98 Å². The van der Waals surface area contributed by atoms with Crippen molar-refractivity contribution in [2.24, 2.45) is 0 Å². The number of amides is 1. The number of hydrogen-bond donors (Lipinski definition) is 2. The maximum atomic E-state index is 13.6. The third-order valence-corrected chi connectivity index (χ3v) is 5.81. The van der Waals surface area contributed by atoms with E-state index in [0.29, 0.717) is 39.5 Å². The molecule has 5 rings (SSSR count). The van der Waals surface area contributed by atoms with E-state index in [1.807, 2.05) is 43.3 Å². The second kappa shape index (κ2) is 8.99. The fraction of sp³-hybridized carbons (Fsp3) is 0.120. The molecule has 4 aromatic rings. The number of ether oxygens (including phenoxy) is 1. The third-order valence-electron chi connectivity index (χ3n) is 5.56. The highest BCUT2D eigenvalue weighted by molar-refractivity contribution is 6.30. The SMILES string of the molecule is COc1ccccc1NC(=O)C1=C(C)Nc2nc(-c3cccnc3)nn2[C@H]1c1ccc(Cl)cc1. The van der Waals surface area contributed by atoms with Crippen molar-refractivity contribution in [1.82, 2.24) is 19.7 Å². The van der Waals surface area contributed by atoms with Crippen LogP contribution in [0.25, 0.3) is 11.4 Å². The van der Waals surface area contributed by atoms with Crippen LogP contribution in [0.4, 0.5) is 11.6 Å². The van der Waals surface area contributed by atoms with Gasteiger partial charge in [0.2, 0.25) is 5.95 Å². The van der Waals surface area contributed by atoms with E-state index in [4.69, 9.17) is 21.4 Å². The van der Waals surface area contributed by atoms with Crippen molar-refractivity contribution in [3.8, 4) is 17.1 Å². The van der Waals surface area contributed by atoms with Crippen LogP contribution in [0.1, 0.15) is 18.5 Å².